The number of aromatic carboxylic acids is 1. The summed E-state index contributed by atoms with van der Waals surface area (Å²) < 4.78 is 57.0. The Morgan fingerprint density at radius 2 is 1.97 bits per heavy atom. The van der Waals surface area contributed by atoms with Crippen LogP contribution in [0.15, 0.2) is 17.1 Å². The van der Waals surface area contributed by atoms with Crippen molar-refractivity contribution in [1.82, 2.24) is 4.57 Å². The maximum absolute atomic E-state index is 15.2. The Labute approximate surface area is 174 Å². The predicted molar refractivity (Wildman–Crippen MR) is 105 cm³/mol. The zero-order chi connectivity index (χ0) is 22.9. The highest BCUT2D eigenvalue weighted by Gasteiger charge is 2.58. The molecule has 2 aliphatic rings. The maximum Gasteiger partial charge on any atom is 0.417 e. The monoisotopic (exact) mass is 442 g/mol. The van der Waals surface area contributed by atoms with Crippen molar-refractivity contribution in [3.8, 4) is 0 Å². The van der Waals surface area contributed by atoms with Gasteiger partial charge >= 0.3 is 12.1 Å². The first-order valence-corrected chi connectivity index (χ1v) is 10.0. The Kier molecular flexibility index (Phi) is 4.84. The minimum atomic E-state index is -4.79. The molecular weight excluding hydrogens is 420 g/mol. The molecular formula is C21H22F4N2O4. The molecule has 6 nitrogen and oxygen atoms in total. The van der Waals surface area contributed by atoms with Crippen molar-refractivity contribution in [2.45, 2.75) is 50.9 Å². The van der Waals surface area contributed by atoms with Crippen molar-refractivity contribution in [3.05, 3.63) is 39.4 Å². The van der Waals surface area contributed by atoms with Gasteiger partial charge in [-0.25, -0.2) is 9.18 Å². The fraction of sp³-hybridized carbons (Fsp3) is 0.524. The number of nitrogens with zero attached hydrogens (tertiary/aromatic N) is 2. The molecule has 2 unspecified atom stereocenters. The number of piperidine rings is 1. The molecule has 0 bridgehead atoms. The Balaban J connectivity index is 1.89. The maximum atomic E-state index is 15.2. The highest BCUT2D eigenvalue weighted by molar-refractivity contribution is 5.95. The number of aryl methyl sites for hydroxylation is 1. The van der Waals surface area contributed by atoms with Gasteiger partial charge in [-0.05, 0) is 25.8 Å². The lowest BCUT2D eigenvalue weighted by atomic mass is 9.81. The van der Waals surface area contributed by atoms with E-state index in [1.165, 1.54) is 18.0 Å². The fourth-order valence-electron chi connectivity index (χ4n) is 4.88. The zero-order valence-corrected chi connectivity index (χ0v) is 17.0. The molecule has 168 valence electrons. The third kappa shape index (κ3) is 3.10. The van der Waals surface area contributed by atoms with E-state index in [9.17, 15) is 33.0 Å². The number of carboxylic acid groups (broad SMARTS) is 1. The number of rotatable bonds is 2. The summed E-state index contributed by atoms with van der Waals surface area (Å²) in [6.07, 6.45) is -3.20. The second kappa shape index (κ2) is 6.94. The molecule has 2 N–H and O–H groups in total. The minimum Gasteiger partial charge on any atom is -0.477 e. The number of halogens is 4. The van der Waals surface area contributed by atoms with Crippen molar-refractivity contribution in [2.24, 2.45) is 5.92 Å². The van der Waals surface area contributed by atoms with Crippen molar-refractivity contribution >= 4 is 22.6 Å². The summed E-state index contributed by atoms with van der Waals surface area (Å²) in [5, 5.41) is 19.5. The van der Waals surface area contributed by atoms with Crippen LogP contribution in [0.5, 0.6) is 0 Å². The van der Waals surface area contributed by atoms with Gasteiger partial charge in [-0.1, -0.05) is 6.92 Å². The van der Waals surface area contributed by atoms with Crippen LogP contribution in [0.2, 0.25) is 0 Å². The van der Waals surface area contributed by atoms with Gasteiger partial charge in [-0.2, -0.15) is 13.2 Å². The van der Waals surface area contributed by atoms with Crippen LogP contribution in [0.4, 0.5) is 23.2 Å². The van der Waals surface area contributed by atoms with E-state index in [1.54, 1.807) is 4.57 Å². The summed E-state index contributed by atoms with van der Waals surface area (Å²) in [5.41, 5.74) is -3.09. The minimum absolute atomic E-state index is 0.0560. The number of carbonyl (C=O) groups is 1. The molecule has 0 spiro atoms. The van der Waals surface area contributed by atoms with Crippen molar-refractivity contribution in [1.29, 1.82) is 0 Å². The van der Waals surface area contributed by atoms with E-state index in [1.807, 2.05) is 6.92 Å². The van der Waals surface area contributed by atoms with Gasteiger partial charge in [0.25, 0.3) is 0 Å². The number of alkyl halides is 3. The van der Waals surface area contributed by atoms with Crippen LogP contribution in [0.25, 0.3) is 10.9 Å². The Hall–Kier alpha value is -2.62. The van der Waals surface area contributed by atoms with Crippen molar-refractivity contribution < 1.29 is 32.6 Å². The van der Waals surface area contributed by atoms with Gasteiger partial charge in [-0.3, -0.25) is 4.79 Å². The molecule has 4 rings (SSSR count). The standard InChI is InChI=1S/C21H22F4N2O4/c1-10-8-26(6-5-20(10,31)21(23,24)25)17-12-4-3-11(2)27-9-14(19(29)30)18(28)13(16(12)27)7-15(17)22/h7,9-11,31H,3-6,8H2,1-2H3,(H,29,30)/t10?,11-,20?/m0/s1. The first kappa shape index (κ1) is 21.6. The van der Waals surface area contributed by atoms with E-state index in [0.717, 1.165) is 6.07 Å². The van der Waals surface area contributed by atoms with Gasteiger partial charge in [0.05, 0.1) is 11.2 Å². The Bertz CT molecular complexity index is 1140. The van der Waals surface area contributed by atoms with E-state index in [2.05, 4.69) is 0 Å². The number of pyridine rings is 1. The predicted octanol–water partition coefficient (Wildman–Crippen LogP) is 3.49. The SMILES string of the molecule is CC1CN(c2c(F)cc3c(=O)c(C(=O)O)cn4c3c2CC[C@@H]4C)CCC1(O)C(F)(F)F. The highest BCUT2D eigenvalue weighted by Crippen LogP contribution is 2.45. The van der Waals surface area contributed by atoms with Gasteiger partial charge < -0.3 is 19.7 Å². The van der Waals surface area contributed by atoms with Crippen molar-refractivity contribution in [3.63, 3.8) is 0 Å². The molecule has 0 aliphatic carbocycles. The summed E-state index contributed by atoms with van der Waals surface area (Å²) in [6.45, 7) is 2.72. The molecule has 3 atom stereocenters. The van der Waals surface area contributed by atoms with Gasteiger partial charge in [0, 0.05) is 48.6 Å². The average Bonchev–Trinajstić information content (AvgIpc) is 2.67. The van der Waals surface area contributed by atoms with Gasteiger partial charge in [-0.15, -0.1) is 0 Å². The third-order valence-electron chi connectivity index (χ3n) is 6.74. The topological polar surface area (TPSA) is 82.8 Å². The lowest BCUT2D eigenvalue weighted by molar-refractivity contribution is -0.281. The summed E-state index contributed by atoms with van der Waals surface area (Å²) in [5.74, 6) is -3.38. The summed E-state index contributed by atoms with van der Waals surface area (Å²) in [4.78, 5) is 25.7. The molecule has 0 amide bonds. The van der Waals surface area contributed by atoms with E-state index in [0.29, 0.717) is 23.9 Å². The molecule has 0 saturated carbocycles. The fourth-order valence-corrected chi connectivity index (χ4v) is 4.88. The lowest BCUT2D eigenvalue weighted by Crippen LogP contribution is -2.59. The number of aromatic nitrogens is 1. The van der Waals surface area contributed by atoms with E-state index in [4.69, 9.17) is 0 Å². The highest BCUT2D eigenvalue weighted by atomic mass is 19.4. The first-order chi connectivity index (χ1) is 14.4. The quantitative estimate of drug-likeness (QED) is 0.696. The molecule has 1 aromatic carbocycles. The zero-order valence-electron chi connectivity index (χ0n) is 17.0. The molecule has 1 fully saturated rings. The second-order valence-corrected chi connectivity index (χ2v) is 8.57. The molecule has 10 heteroatoms. The van der Waals surface area contributed by atoms with Crippen LogP contribution in [0.3, 0.4) is 0 Å². The second-order valence-electron chi connectivity index (χ2n) is 8.57. The smallest absolute Gasteiger partial charge is 0.417 e. The first-order valence-electron chi connectivity index (χ1n) is 10.0. The van der Waals surface area contributed by atoms with Crippen LogP contribution >= 0.6 is 0 Å². The van der Waals surface area contributed by atoms with Gasteiger partial charge in [0.15, 0.2) is 5.60 Å². The van der Waals surface area contributed by atoms with Crippen LogP contribution < -0.4 is 10.3 Å². The van der Waals surface area contributed by atoms with Gasteiger partial charge in [0.2, 0.25) is 5.43 Å². The lowest BCUT2D eigenvalue weighted by Gasteiger charge is -2.45. The van der Waals surface area contributed by atoms with E-state index >= 15 is 4.39 Å². The summed E-state index contributed by atoms with van der Waals surface area (Å²) in [6, 6.07) is 0.842. The van der Waals surface area contributed by atoms with Crippen LogP contribution in [0, 0.1) is 11.7 Å². The molecule has 2 aliphatic heterocycles. The molecule has 2 aromatic rings. The number of aliphatic hydroxyl groups is 1. The average molecular weight is 442 g/mol. The van der Waals surface area contributed by atoms with Crippen LogP contribution in [0.1, 0.15) is 48.7 Å². The molecule has 0 radical (unpaired) electrons. The number of hydrogen-bond acceptors (Lipinski definition) is 4. The molecule has 3 heterocycles. The Morgan fingerprint density at radius 3 is 2.55 bits per heavy atom. The molecule has 31 heavy (non-hydrogen) atoms. The molecule has 1 saturated heterocycles. The number of benzene rings is 1. The van der Waals surface area contributed by atoms with Gasteiger partial charge in [0.1, 0.15) is 11.4 Å². The number of anilines is 1. The van der Waals surface area contributed by atoms with E-state index in [-0.39, 0.29) is 30.2 Å². The van der Waals surface area contributed by atoms with E-state index < -0.39 is 46.9 Å². The number of carboxylic acids is 1. The van der Waals surface area contributed by atoms with Crippen LogP contribution in [-0.2, 0) is 6.42 Å². The third-order valence-corrected chi connectivity index (χ3v) is 6.74. The van der Waals surface area contributed by atoms with Crippen molar-refractivity contribution in [2.75, 3.05) is 18.0 Å². The summed E-state index contributed by atoms with van der Waals surface area (Å²) in [7, 11) is 0. The largest absolute Gasteiger partial charge is 0.477 e. The summed E-state index contributed by atoms with van der Waals surface area (Å²) >= 11 is 0. The van der Waals surface area contributed by atoms with Crippen LogP contribution in [-0.4, -0.2) is 45.6 Å². The molecule has 1 aromatic heterocycles. The number of hydrogen-bond donors (Lipinski definition) is 2. The Morgan fingerprint density at radius 1 is 1.29 bits per heavy atom. The normalized spacial score (nSPS) is 26.4.